The van der Waals surface area contributed by atoms with Crippen molar-refractivity contribution in [2.75, 3.05) is 0 Å². The Hall–Kier alpha value is -5.15. The minimum absolute atomic E-state index is 0. The SMILES string of the molecule is CC(C)(C)c1ccc(-c2[c-]cccc2)nc1.[2H]c1cc(C([2H])([2H])C(C)(C)C)cc(C([2H])([2H])[2H])c1-c1cc(-c2[c-]ccc3c2oc2c4c(ccc23)-c2ccccc2C(C)(C)C4(C)C)ncc1C([2H])([2H])[2H].[Ir]. The number of benzene rings is 5. The first-order chi connectivity index (χ1) is 32.0. The summed E-state index contributed by atoms with van der Waals surface area (Å²) in [6.45, 7) is 15.2. The summed E-state index contributed by atoms with van der Waals surface area (Å²) < 4.78 is 84.1. The smallest absolute Gasteiger partial charge is 0.125 e. The summed E-state index contributed by atoms with van der Waals surface area (Å²) >= 11 is 0. The van der Waals surface area contributed by atoms with E-state index in [9.17, 15) is 0 Å². The quantitative estimate of drug-likeness (QED) is 0.165. The van der Waals surface area contributed by atoms with Gasteiger partial charge in [0.25, 0.3) is 0 Å². The molecule has 0 unspecified atom stereocenters. The van der Waals surface area contributed by atoms with Crippen LogP contribution in [0.15, 0.2) is 126 Å². The number of aryl methyl sites for hydroxylation is 2. The topological polar surface area (TPSA) is 38.9 Å². The van der Waals surface area contributed by atoms with Gasteiger partial charge >= 0.3 is 0 Å². The molecule has 0 N–H and O–H groups in total. The number of furan rings is 1. The number of pyridine rings is 2. The van der Waals surface area contributed by atoms with Gasteiger partial charge in [0.1, 0.15) is 5.58 Å². The number of rotatable bonds is 4. The Morgan fingerprint density at radius 1 is 0.672 bits per heavy atom. The Morgan fingerprint density at radius 3 is 2.10 bits per heavy atom. The Kier molecular flexibility index (Phi) is 8.93. The number of nitrogens with zero attached hydrogens (tertiary/aromatic N) is 2. The van der Waals surface area contributed by atoms with Gasteiger partial charge in [-0.1, -0.05) is 153 Å². The molecule has 4 heteroatoms. The van der Waals surface area contributed by atoms with Crippen molar-refractivity contribution >= 4 is 21.9 Å². The molecule has 3 nitrogen and oxygen atoms in total. The van der Waals surface area contributed by atoms with Crippen LogP contribution >= 0.6 is 0 Å². The Balaban J connectivity index is 0.000000360. The zero-order chi connectivity index (χ0) is 50.4. The van der Waals surface area contributed by atoms with Gasteiger partial charge in [0.05, 0.1) is 6.95 Å². The number of fused-ring (bicyclic) bond motifs is 7. The third-order valence-corrected chi connectivity index (χ3v) is 12.2. The summed E-state index contributed by atoms with van der Waals surface area (Å²) in [5, 5.41) is 1.74. The molecule has 9 rings (SSSR count). The van der Waals surface area contributed by atoms with Crippen LogP contribution in [0, 0.1) is 31.3 Å². The largest absolute Gasteiger partial charge is 0.500 e. The second-order valence-corrected chi connectivity index (χ2v) is 19.0. The second-order valence-electron chi connectivity index (χ2n) is 19.0. The molecule has 1 radical (unpaired) electrons. The first-order valence-corrected chi connectivity index (χ1v) is 20.6. The first kappa shape index (κ1) is 33.5. The molecule has 0 spiro atoms. The maximum absolute atomic E-state index is 9.10. The van der Waals surface area contributed by atoms with Crippen molar-refractivity contribution in [1.29, 1.82) is 0 Å². The Morgan fingerprint density at radius 2 is 1.41 bits per heavy atom. The van der Waals surface area contributed by atoms with E-state index >= 15 is 0 Å². The van der Waals surface area contributed by atoms with Gasteiger partial charge in [0.15, 0.2) is 0 Å². The van der Waals surface area contributed by atoms with Gasteiger partial charge in [-0.25, -0.2) is 0 Å². The predicted octanol–water partition coefficient (Wildman–Crippen LogP) is 15.4. The first-order valence-electron chi connectivity index (χ1n) is 25.1. The average Bonchev–Trinajstić information content (AvgIpc) is 3.66. The maximum Gasteiger partial charge on any atom is 0.125 e. The summed E-state index contributed by atoms with van der Waals surface area (Å²) in [4.78, 5) is 9.07. The van der Waals surface area contributed by atoms with Gasteiger partial charge in [0.2, 0.25) is 0 Å². The summed E-state index contributed by atoms with van der Waals surface area (Å²) in [7, 11) is 0. The summed E-state index contributed by atoms with van der Waals surface area (Å²) in [5.74, 6) is 0. The van der Waals surface area contributed by atoms with Crippen LogP contribution in [0.2, 0.25) is 0 Å². The van der Waals surface area contributed by atoms with E-state index in [-0.39, 0.29) is 70.2 Å². The Labute approximate surface area is 390 Å². The Bertz CT molecular complexity index is 3250. The van der Waals surface area contributed by atoms with E-state index in [0.29, 0.717) is 16.8 Å². The molecule has 3 heterocycles. The molecular weight excluding hydrogens is 921 g/mol. The molecule has 313 valence electrons. The van der Waals surface area contributed by atoms with E-state index in [4.69, 9.17) is 16.8 Å². The number of hydrogen-bond donors (Lipinski definition) is 0. The molecule has 0 fully saturated rings. The fourth-order valence-corrected chi connectivity index (χ4v) is 8.33. The summed E-state index contributed by atoms with van der Waals surface area (Å²) in [6.07, 6.45) is 1.17. The van der Waals surface area contributed by atoms with Gasteiger partial charge in [0, 0.05) is 59.8 Å². The van der Waals surface area contributed by atoms with Crippen LogP contribution in [0.3, 0.4) is 0 Å². The molecule has 0 saturated carbocycles. The van der Waals surface area contributed by atoms with E-state index in [0.717, 1.165) is 44.3 Å². The van der Waals surface area contributed by atoms with Gasteiger partial charge in [-0.15, -0.1) is 54.1 Å². The molecule has 1 aliphatic rings. The third kappa shape index (κ3) is 8.18. The monoisotopic (exact) mass is 988 g/mol. The van der Waals surface area contributed by atoms with Crippen molar-refractivity contribution < 1.29 is 36.9 Å². The van der Waals surface area contributed by atoms with Crippen LogP contribution in [0.1, 0.15) is 115 Å². The molecule has 3 aromatic heterocycles. The third-order valence-electron chi connectivity index (χ3n) is 12.2. The van der Waals surface area contributed by atoms with Crippen LogP contribution in [0.5, 0.6) is 0 Å². The molecule has 0 atom stereocenters. The molecular formula is C57H58IrN2O-2. The van der Waals surface area contributed by atoms with Crippen molar-refractivity contribution in [2.24, 2.45) is 5.41 Å². The molecule has 1 aliphatic carbocycles. The average molecular weight is 988 g/mol. The van der Waals surface area contributed by atoms with E-state index < -0.39 is 25.5 Å². The minimum atomic E-state index is -2.80. The van der Waals surface area contributed by atoms with Gasteiger partial charge in [-0.3, -0.25) is 0 Å². The zero-order valence-electron chi connectivity index (χ0n) is 45.6. The van der Waals surface area contributed by atoms with Crippen molar-refractivity contribution in [3.05, 3.63) is 167 Å². The number of hydrogen-bond acceptors (Lipinski definition) is 3. The van der Waals surface area contributed by atoms with E-state index in [1.165, 1.54) is 35.5 Å². The van der Waals surface area contributed by atoms with Gasteiger partial charge in [-0.05, 0) is 97.8 Å². The van der Waals surface area contributed by atoms with E-state index in [1.54, 1.807) is 26.8 Å². The predicted molar refractivity (Wildman–Crippen MR) is 253 cm³/mol. The standard InChI is InChI=1S/C42H42NO.C15H16N.Ir/c1-25-21-27(23-40(3,4)5)17-18-28(25)34-22-36(43-24-26(34)2)33-15-12-14-31-32-20-19-30-29-13-10-11-16-35(29)41(6,7)42(8,9)37(30)39(32)44-38(31)33;1-15(2,3)13-9-10-14(16-11-13)12-7-5-4-6-8-12;/h10-14,16-22,24H,23H2,1-9H3;4-7,9-11H,1-3H3;/q2*-1;/i1D3,2D3,18D,23D2;;. The van der Waals surface area contributed by atoms with Crippen molar-refractivity contribution in [3.63, 3.8) is 0 Å². The molecule has 8 aromatic rings. The molecule has 0 bridgehead atoms. The molecule has 0 aliphatic heterocycles. The van der Waals surface area contributed by atoms with Crippen LogP contribution in [0.25, 0.3) is 66.7 Å². The van der Waals surface area contributed by atoms with Crippen LogP contribution in [-0.2, 0) is 42.7 Å². The molecule has 5 aromatic carbocycles. The van der Waals surface area contributed by atoms with E-state index in [1.807, 2.05) is 42.6 Å². The zero-order valence-corrected chi connectivity index (χ0v) is 39.0. The normalized spacial score (nSPS) is 16.9. The van der Waals surface area contributed by atoms with Crippen LogP contribution in [-0.4, -0.2) is 9.97 Å². The fourth-order valence-electron chi connectivity index (χ4n) is 8.33. The van der Waals surface area contributed by atoms with Crippen LogP contribution in [0.4, 0.5) is 0 Å². The summed E-state index contributed by atoms with van der Waals surface area (Å²) in [5.41, 5.74) is 7.95. The second kappa shape index (κ2) is 16.3. The summed E-state index contributed by atoms with van der Waals surface area (Å²) in [6, 6.07) is 38.7. The van der Waals surface area contributed by atoms with Crippen LogP contribution < -0.4 is 0 Å². The van der Waals surface area contributed by atoms with Crippen molar-refractivity contribution in [2.45, 2.75) is 106 Å². The van der Waals surface area contributed by atoms with Crippen molar-refractivity contribution in [3.8, 4) is 44.8 Å². The maximum atomic E-state index is 9.10. The number of aromatic nitrogens is 2. The van der Waals surface area contributed by atoms with Crippen molar-refractivity contribution in [1.82, 2.24) is 9.97 Å². The molecule has 61 heavy (non-hydrogen) atoms. The van der Waals surface area contributed by atoms with Gasteiger partial charge in [-0.2, -0.15) is 0 Å². The molecule has 0 saturated heterocycles. The minimum Gasteiger partial charge on any atom is -0.500 e. The van der Waals surface area contributed by atoms with E-state index in [2.05, 4.69) is 113 Å². The fraction of sp³-hybridized carbons (Fsp3) is 0.298. The van der Waals surface area contributed by atoms with Gasteiger partial charge < -0.3 is 14.4 Å². The molecule has 0 amide bonds.